The molecule has 3 aromatic rings. The maximum absolute atomic E-state index is 14.2. The van der Waals surface area contributed by atoms with Crippen LogP contribution in [-0.4, -0.2) is 43.3 Å². The second-order valence-electron chi connectivity index (χ2n) is 10.9. The van der Waals surface area contributed by atoms with Crippen LogP contribution in [0.2, 0.25) is 5.02 Å². The quantitative estimate of drug-likeness (QED) is 0.323. The van der Waals surface area contributed by atoms with Crippen LogP contribution in [0.25, 0.3) is 0 Å². The van der Waals surface area contributed by atoms with Gasteiger partial charge in [0, 0.05) is 17.1 Å². The summed E-state index contributed by atoms with van der Waals surface area (Å²) in [4.78, 5) is 29.1. The van der Waals surface area contributed by atoms with Crippen molar-refractivity contribution in [2.24, 2.45) is 0 Å². The minimum atomic E-state index is -4.12. The molecule has 40 heavy (non-hydrogen) atoms. The molecule has 0 aromatic heterocycles. The van der Waals surface area contributed by atoms with Gasteiger partial charge in [0.15, 0.2) is 0 Å². The minimum Gasteiger partial charge on any atom is -0.350 e. The van der Waals surface area contributed by atoms with Crippen LogP contribution in [0.5, 0.6) is 0 Å². The van der Waals surface area contributed by atoms with Crippen LogP contribution in [0.3, 0.4) is 0 Å². The number of hydrogen-bond donors (Lipinski definition) is 1. The molecular formula is C31H38ClN3O4S. The number of rotatable bonds is 10. The Hall–Kier alpha value is -3.36. The lowest BCUT2D eigenvalue weighted by Crippen LogP contribution is -2.55. The van der Waals surface area contributed by atoms with Crippen molar-refractivity contribution >= 4 is 39.1 Å². The molecule has 3 aromatic carbocycles. The monoisotopic (exact) mass is 583 g/mol. The third kappa shape index (κ3) is 7.64. The molecule has 0 saturated heterocycles. The third-order valence-corrected chi connectivity index (χ3v) is 8.56. The van der Waals surface area contributed by atoms with Crippen molar-refractivity contribution in [2.45, 2.75) is 71.0 Å². The van der Waals surface area contributed by atoms with Gasteiger partial charge in [-0.25, -0.2) is 8.42 Å². The Kier molecular flexibility index (Phi) is 10.0. The van der Waals surface area contributed by atoms with E-state index in [2.05, 4.69) is 5.32 Å². The van der Waals surface area contributed by atoms with Gasteiger partial charge < -0.3 is 10.2 Å². The summed E-state index contributed by atoms with van der Waals surface area (Å²) in [5.41, 5.74) is 2.21. The molecule has 0 fully saturated rings. The first-order valence-electron chi connectivity index (χ1n) is 13.2. The molecule has 2 amide bonds. The van der Waals surface area contributed by atoms with Crippen LogP contribution in [-0.2, 0) is 26.2 Å². The molecule has 1 N–H and O–H groups in total. The average molecular weight is 584 g/mol. The second kappa shape index (κ2) is 12.9. The van der Waals surface area contributed by atoms with E-state index in [0.29, 0.717) is 28.3 Å². The molecule has 0 aliphatic rings. The molecular weight excluding hydrogens is 546 g/mol. The van der Waals surface area contributed by atoms with E-state index in [1.54, 1.807) is 42.5 Å². The van der Waals surface area contributed by atoms with Gasteiger partial charge in [0.2, 0.25) is 11.8 Å². The van der Waals surface area contributed by atoms with E-state index in [0.717, 1.165) is 9.87 Å². The van der Waals surface area contributed by atoms with E-state index in [-0.39, 0.29) is 17.3 Å². The van der Waals surface area contributed by atoms with Gasteiger partial charge in [-0.1, -0.05) is 72.6 Å². The van der Waals surface area contributed by atoms with Crippen molar-refractivity contribution in [3.05, 3.63) is 94.5 Å². The molecule has 0 bridgehead atoms. The molecule has 7 nitrogen and oxygen atoms in total. The Bertz CT molecular complexity index is 1450. The van der Waals surface area contributed by atoms with Gasteiger partial charge in [-0.05, 0) is 76.4 Å². The molecule has 214 valence electrons. The molecule has 0 aliphatic carbocycles. The van der Waals surface area contributed by atoms with Crippen LogP contribution in [0, 0.1) is 13.8 Å². The van der Waals surface area contributed by atoms with E-state index in [1.165, 1.54) is 17.0 Å². The van der Waals surface area contributed by atoms with E-state index < -0.39 is 34.1 Å². The maximum Gasteiger partial charge on any atom is 0.264 e. The highest BCUT2D eigenvalue weighted by Crippen LogP contribution is 2.29. The molecule has 0 spiro atoms. The number of hydrogen-bond acceptors (Lipinski definition) is 4. The van der Waals surface area contributed by atoms with Gasteiger partial charge in [-0.15, -0.1) is 0 Å². The zero-order valence-electron chi connectivity index (χ0n) is 23.9. The first-order chi connectivity index (χ1) is 18.7. The highest BCUT2D eigenvalue weighted by atomic mass is 35.5. The predicted octanol–water partition coefficient (Wildman–Crippen LogP) is 5.87. The molecule has 1 atom stereocenters. The number of aryl methyl sites for hydroxylation is 2. The highest BCUT2D eigenvalue weighted by Gasteiger charge is 2.35. The summed E-state index contributed by atoms with van der Waals surface area (Å²) in [5, 5.41) is 3.42. The molecule has 3 rings (SSSR count). The smallest absolute Gasteiger partial charge is 0.264 e. The van der Waals surface area contributed by atoms with Crippen molar-refractivity contribution in [1.29, 1.82) is 0 Å². The Labute approximate surface area is 243 Å². The van der Waals surface area contributed by atoms with Crippen LogP contribution in [0.1, 0.15) is 50.8 Å². The van der Waals surface area contributed by atoms with E-state index >= 15 is 0 Å². The van der Waals surface area contributed by atoms with Crippen molar-refractivity contribution in [3.8, 4) is 0 Å². The van der Waals surface area contributed by atoms with E-state index in [9.17, 15) is 18.0 Å². The number of amides is 2. The number of sulfonamides is 1. The lowest BCUT2D eigenvalue weighted by molar-refractivity contribution is -0.141. The van der Waals surface area contributed by atoms with Crippen LogP contribution in [0.15, 0.2) is 77.7 Å². The average Bonchev–Trinajstić information content (AvgIpc) is 2.88. The van der Waals surface area contributed by atoms with Crippen molar-refractivity contribution in [3.63, 3.8) is 0 Å². The topological polar surface area (TPSA) is 86.8 Å². The molecule has 0 heterocycles. The van der Waals surface area contributed by atoms with Gasteiger partial charge >= 0.3 is 0 Å². The fourth-order valence-electron chi connectivity index (χ4n) is 4.50. The van der Waals surface area contributed by atoms with Gasteiger partial charge in [0.25, 0.3) is 10.0 Å². The van der Waals surface area contributed by atoms with E-state index in [1.807, 2.05) is 59.7 Å². The number of halogens is 1. The summed E-state index contributed by atoms with van der Waals surface area (Å²) in [6.45, 7) is 10.7. The number of benzene rings is 3. The van der Waals surface area contributed by atoms with Crippen LogP contribution >= 0.6 is 11.6 Å². The largest absolute Gasteiger partial charge is 0.350 e. The molecule has 9 heteroatoms. The Morgan fingerprint density at radius 3 is 2.15 bits per heavy atom. The summed E-state index contributed by atoms with van der Waals surface area (Å²) in [5.74, 6) is -0.838. The number of carbonyl (C=O) groups is 2. The van der Waals surface area contributed by atoms with Crippen molar-refractivity contribution in [2.75, 3.05) is 10.8 Å². The Morgan fingerprint density at radius 1 is 0.950 bits per heavy atom. The zero-order valence-corrected chi connectivity index (χ0v) is 25.5. The predicted molar refractivity (Wildman–Crippen MR) is 161 cm³/mol. The second-order valence-corrected chi connectivity index (χ2v) is 13.2. The molecule has 0 saturated carbocycles. The number of nitrogens with zero attached hydrogens (tertiary/aromatic N) is 2. The lowest BCUT2D eigenvalue weighted by atomic mass is 10.1. The first kappa shape index (κ1) is 31.2. The first-order valence-corrected chi connectivity index (χ1v) is 15.1. The summed E-state index contributed by atoms with van der Waals surface area (Å²) < 4.78 is 29.0. The summed E-state index contributed by atoms with van der Waals surface area (Å²) in [6, 6.07) is 19.7. The third-order valence-electron chi connectivity index (χ3n) is 6.41. The zero-order chi connectivity index (χ0) is 29.7. The van der Waals surface area contributed by atoms with Gasteiger partial charge in [-0.2, -0.15) is 0 Å². The Morgan fingerprint density at radius 2 is 1.57 bits per heavy atom. The normalized spacial score (nSPS) is 12.5. The van der Waals surface area contributed by atoms with Crippen molar-refractivity contribution < 1.29 is 18.0 Å². The lowest BCUT2D eigenvalue weighted by Gasteiger charge is -2.35. The summed E-state index contributed by atoms with van der Waals surface area (Å²) >= 11 is 6.45. The van der Waals surface area contributed by atoms with Crippen LogP contribution < -0.4 is 9.62 Å². The highest BCUT2D eigenvalue weighted by molar-refractivity contribution is 7.92. The van der Waals surface area contributed by atoms with Crippen molar-refractivity contribution in [1.82, 2.24) is 10.2 Å². The number of anilines is 1. The number of carbonyl (C=O) groups excluding carboxylic acids is 2. The van der Waals surface area contributed by atoms with E-state index in [4.69, 9.17) is 11.6 Å². The summed E-state index contributed by atoms with van der Waals surface area (Å²) in [6.07, 6.45) is 0.326. The van der Waals surface area contributed by atoms with Gasteiger partial charge in [-0.3, -0.25) is 13.9 Å². The standard InChI is InChI=1S/C31H38ClN3O4S/c1-7-27(30(37)33-31(4,5)6)34(20-24-13-11-12-16-26(24)32)29(36)21-35(28-18-17-22(2)19-23(28)3)40(38,39)25-14-9-8-10-15-25/h8-19,27H,7,20-21H2,1-6H3,(H,33,37). The number of nitrogens with one attached hydrogen (secondary N) is 1. The van der Waals surface area contributed by atoms with Gasteiger partial charge in [0.05, 0.1) is 10.6 Å². The maximum atomic E-state index is 14.2. The molecule has 0 radical (unpaired) electrons. The fourth-order valence-corrected chi connectivity index (χ4v) is 6.20. The molecule has 0 aliphatic heterocycles. The SMILES string of the molecule is CCC(C(=O)NC(C)(C)C)N(Cc1ccccc1Cl)C(=O)CN(c1ccc(C)cc1C)S(=O)(=O)c1ccccc1. The van der Waals surface area contributed by atoms with Gasteiger partial charge in [0.1, 0.15) is 12.6 Å². The molecule has 1 unspecified atom stereocenters. The van der Waals surface area contributed by atoms with Crippen LogP contribution in [0.4, 0.5) is 5.69 Å². The fraction of sp³-hybridized carbons (Fsp3) is 0.355. The minimum absolute atomic E-state index is 0.0423. The Balaban J connectivity index is 2.11. The summed E-state index contributed by atoms with van der Waals surface area (Å²) in [7, 11) is -4.12.